The van der Waals surface area contributed by atoms with Crippen molar-refractivity contribution in [1.29, 1.82) is 0 Å². The number of piperazine rings is 1. The molecule has 5 aliphatic rings. The molecule has 6 heterocycles. The highest BCUT2D eigenvalue weighted by molar-refractivity contribution is 6.12. The van der Waals surface area contributed by atoms with Crippen molar-refractivity contribution in [1.82, 2.24) is 29.6 Å². The lowest BCUT2D eigenvalue weighted by molar-refractivity contribution is -0.172. The summed E-state index contributed by atoms with van der Waals surface area (Å²) in [5.41, 5.74) is 1.84. The number of esters is 1. The number of hydrogen-bond donors (Lipinski definition) is 2. The Bertz CT molecular complexity index is 2550. The number of hydrogen-bond acceptors (Lipinski definition) is 15. The van der Waals surface area contributed by atoms with Gasteiger partial charge in [-0.05, 0) is 74.3 Å². The minimum atomic E-state index is -1.92. The molecule has 2 fully saturated rings. The molecular formula is C50H62N6O14. The zero-order valence-electron chi connectivity index (χ0n) is 39.9. The number of aliphatic hydroxyl groups is 1. The maximum absolute atomic E-state index is 13.7. The number of benzene rings is 1. The van der Waals surface area contributed by atoms with E-state index in [0.717, 1.165) is 42.2 Å². The fourth-order valence-corrected chi connectivity index (χ4v) is 9.86. The molecule has 20 nitrogen and oxygen atoms in total. The highest BCUT2D eigenvalue weighted by Crippen LogP contribution is 2.41. The van der Waals surface area contributed by atoms with Crippen LogP contribution in [0.5, 0.6) is 5.75 Å². The number of carbonyl (C=O) groups is 6. The normalized spacial score (nSPS) is 20.7. The van der Waals surface area contributed by atoms with Crippen LogP contribution in [-0.2, 0) is 72.8 Å². The minimum absolute atomic E-state index is 0.00670. The van der Waals surface area contributed by atoms with Gasteiger partial charge in [-0.3, -0.25) is 28.9 Å². The van der Waals surface area contributed by atoms with E-state index in [0.29, 0.717) is 115 Å². The number of imide groups is 1. The summed E-state index contributed by atoms with van der Waals surface area (Å²) >= 11 is 0. The first kappa shape index (κ1) is 50.3. The third-order valence-electron chi connectivity index (χ3n) is 13.9. The summed E-state index contributed by atoms with van der Waals surface area (Å²) in [6.07, 6.45) is 6.01. The van der Waals surface area contributed by atoms with E-state index in [-0.39, 0.29) is 84.8 Å². The summed E-state index contributed by atoms with van der Waals surface area (Å²) in [7, 11) is 0. The van der Waals surface area contributed by atoms with Crippen molar-refractivity contribution in [3.05, 3.63) is 69.0 Å². The molecule has 1 unspecified atom stereocenters. The number of cyclic esters (lactones) is 1. The number of fused-ring (bicyclic) bond motifs is 5. The van der Waals surface area contributed by atoms with Crippen molar-refractivity contribution in [2.24, 2.45) is 11.8 Å². The first-order valence-electron chi connectivity index (χ1n) is 24.4. The van der Waals surface area contributed by atoms with Gasteiger partial charge in [0.15, 0.2) is 5.60 Å². The van der Waals surface area contributed by atoms with Crippen LogP contribution < -0.4 is 15.6 Å². The summed E-state index contributed by atoms with van der Waals surface area (Å²) in [4.78, 5) is 98.1. The molecule has 70 heavy (non-hydrogen) atoms. The Morgan fingerprint density at radius 3 is 2.11 bits per heavy atom. The predicted octanol–water partition coefficient (Wildman–Crippen LogP) is 2.59. The van der Waals surface area contributed by atoms with Crippen molar-refractivity contribution in [2.75, 3.05) is 92.1 Å². The van der Waals surface area contributed by atoms with E-state index < -0.39 is 17.7 Å². The van der Waals surface area contributed by atoms with E-state index in [1.54, 1.807) is 45.6 Å². The Morgan fingerprint density at radius 1 is 0.814 bits per heavy atom. The van der Waals surface area contributed by atoms with Gasteiger partial charge in [0.2, 0.25) is 11.8 Å². The Kier molecular flexibility index (Phi) is 16.4. The second kappa shape index (κ2) is 22.8. The average molecular weight is 971 g/mol. The van der Waals surface area contributed by atoms with Gasteiger partial charge in [0.05, 0.1) is 88.3 Å². The third-order valence-corrected chi connectivity index (χ3v) is 13.9. The standard InChI is InChI=1S/C50H62N6O14/c1-3-35-36-27-34(9-10-40(36)52-45-37(35)30-55-41(45)28-39-38(47(55)61)31-69-48(62)50(39,64)4-2)70-49(63)54-17-15-53(16-18-54)42(57)13-19-65-21-23-67-25-26-68-24-22-66-20-14-51-46(60)33-7-5-32(6-8-33)29-56-43(58)11-12-44(56)59/h9-12,27-28,32-33,64H,3-8,13-26,29-31H2,1-2H3,(H,51,60). The number of pyridine rings is 2. The van der Waals surface area contributed by atoms with Gasteiger partial charge in [-0.1, -0.05) is 13.8 Å². The summed E-state index contributed by atoms with van der Waals surface area (Å²) in [6, 6.07) is 6.92. The first-order chi connectivity index (χ1) is 33.9. The third kappa shape index (κ3) is 11.1. The lowest BCUT2D eigenvalue weighted by Crippen LogP contribution is -2.51. The number of aromatic nitrogens is 2. The molecule has 1 atom stereocenters. The Hall–Kier alpha value is -6.06. The van der Waals surface area contributed by atoms with E-state index in [9.17, 15) is 38.7 Å². The zero-order chi connectivity index (χ0) is 49.4. The fraction of sp³-hybridized carbons (Fsp3) is 0.560. The average Bonchev–Trinajstić information content (AvgIpc) is 3.90. The molecule has 0 bridgehead atoms. The summed E-state index contributed by atoms with van der Waals surface area (Å²) < 4.78 is 34.9. The van der Waals surface area contributed by atoms with Crippen LogP contribution in [0.1, 0.15) is 74.6 Å². The van der Waals surface area contributed by atoms with E-state index in [1.807, 2.05) is 6.92 Å². The van der Waals surface area contributed by atoms with Crippen molar-refractivity contribution in [3.8, 4) is 17.1 Å². The smallest absolute Gasteiger partial charge is 0.415 e. The molecule has 20 heteroatoms. The molecule has 1 saturated heterocycles. The number of nitrogens with one attached hydrogen (secondary N) is 1. The maximum atomic E-state index is 13.7. The Labute approximate surface area is 405 Å². The number of rotatable bonds is 21. The van der Waals surface area contributed by atoms with Gasteiger partial charge in [-0.25, -0.2) is 14.6 Å². The molecule has 1 saturated carbocycles. The molecule has 376 valence electrons. The molecule has 1 aromatic carbocycles. The molecule has 8 rings (SSSR count). The van der Waals surface area contributed by atoms with Gasteiger partial charge >= 0.3 is 12.1 Å². The monoisotopic (exact) mass is 970 g/mol. The van der Waals surface area contributed by atoms with Crippen LogP contribution in [-0.4, -0.2) is 157 Å². The van der Waals surface area contributed by atoms with Gasteiger partial charge in [-0.2, -0.15) is 0 Å². The number of aryl methyl sites for hydroxylation is 1. The van der Waals surface area contributed by atoms with Crippen molar-refractivity contribution >= 4 is 46.6 Å². The van der Waals surface area contributed by atoms with Crippen molar-refractivity contribution in [3.63, 3.8) is 0 Å². The lowest BCUT2D eigenvalue weighted by atomic mass is 9.81. The molecule has 0 radical (unpaired) electrons. The van der Waals surface area contributed by atoms with E-state index in [4.69, 9.17) is 33.4 Å². The number of nitrogens with zero attached hydrogens (tertiary/aromatic N) is 5. The molecule has 0 spiro atoms. The van der Waals surface area contributed by atoms with Crippen LogP contribution in [0.3, 0.4) is 0 Å². The topological polar surface area (TPSA) is 235 Å². The summed E-state index contributed by atoms with van der Waals surface area (Å²) in [5.74, 6) is -0.862. The lowest BCUT2D eigenvalue weighted by Gasteiger charge is -2.34. The van der Waals surface area contributed by atoms with E-state index >= 15 is 0 Å². The molecule has 4 aliphatic heterocycles. The minimum Gasteiger partial charge on any atom is -0.458 e. The molecule has 3 aromatic rings. The zero-order valence-corrected chi connectivity index (χ0v) is 39.9. The largest absolute Gasteiger partial charge is 0.458 e. The van der Waals surface area contributed by atoms with Gasteiger partial charge < -0.3 is 53.2 Å². The van der Waals surface area contributed by atoms with Crippen LogP contribution >= 0.6 is 0 Å². The highest BCUT2D eigenvalue weighted by atomic mass is 16.6. The van der Waals surface area contributed by atoms with E-state index in [2.05, 4.69) is 5.32 Å². The van der Waals surface area contributed by atoms with Crippen LogP contribution in [0.15, 0.2) is 41.2 Å². The van der Waals surface area contributed by atoms with Gasteiger partial charge in [0, 0.05) is 73.9 Å². The quantitative estimate of drug-likeness (QED) is 0.0694. The number of amides is 5. The second-order valence-electron chi connectivity index (χ2n) is 18.1. The second-order valence-corrected chi connectivity index (χ2v) is 18.1. The summed E-state index contributed by atoms with van der Waals surface area (Å²) in [5, 5.41) is 14.9. The predicted molar refractivity (Wildman–Crippen MR) is 250 cm³/mol. The number of ether oxygens (including phenoxy) is 6. The van der Waals surface area contributed by atoms with Gasteiger partial charge in [0.25, 0.3) is 17.4 Å². The first-order valence-corrected chi connectivity index (χ1v) is 24.4. The van der Waals surface area contributed by atoms with Crippen molar-refractivity contribution in [2.45, 2.75) is 77.5 Å². The summed E-state index contributed by atoms with van der Waals surface area (Å²) in [6.45, 7) is 8.72. The van der Waals surface area contributed by atoms with Gasteiger partial charge in [0.1, 0.15) is 12.4 Å². The molecule has 2 N–H and O–H groups in total. The van der Waals surface area contributed by atoms with Crippen LogP contribution in [0.25, 0.3) is 22.3 Å². The van der Waals surface area contributed by atoms with E-state index in [1.165, 1.54) is 17.1 Å². The van der Waals surface area contributed by atoms with Crippen LogP contribution in [0.2, 0.25) is 0 Å². The van der Waals surface area contributed by atoms with Crippen LogP contribution in [0.4, 0.5) is 4.79 Å². The van der Waals surface area contributed by atoms with Crippen LogP contribution in [0, 0.1) is 11.8 Å². The van der Waals surface area contributed by atoms with Crippen molar-refractivity contribution < 1.29 is 62.3 Å². The Morgan fingerprint density at radius 2 is 1.46 bits per heavy atom. The number of carbonyl (C=O) groups excluding carboxylic acids is 6. The molecule has 5 amide bonds. The maximum Gasteiger partial charge on any atom is 0.415 e. The SMILES string of the molecule is CCc1c2c(nc3ccc(OC(=O)N4CCN(C(=O)CCOCCOCCOCCOCCNC(=O)C5CCC(CN6C(=O)C=CC6=O)CC5)CC4)cc13)-c1cc3c(c(=O)n1C2)COC(=O)C3(O)CC. The fourth-order valence-electron chi connectivity index (χ4n) is 9.86. The highest BCUT2D eigenvalue weighted by Gasteiger charge is 2.45. The van der Waals surface area contributed by atoms with Gasteiger partial charge in [-0.15, -0.1) is 0 Å². The Balaban J connectivity index is 0.660. The molecular weight excluding hydrogens is 909 g/mol. The molecule has 2 aromatic heterocycles. The molecule has 1 aliphatic carbocycles.